The number of nitrogens with one attached hydrogen (secondary N) is 2. The van der Waals surface area contributed by atoms with E-state index < -0.39 is 0 Å². The number of carbonyl (C=O) groups is 2. The van der Waals surface area contributed by atoms with Gasteiger partial charge in [0.25, 0.3) is 0 Å². The zero-order chi connectivity index (χ0) is 27.6. The Hall–Kier alpha value is -3.97. The molecule has 13 nitrogen and oxygen atoms in total. The van der Waals surface area contributed by atoms with Gasteiger partial charge in [0.1, 0.15) is 5.82 Å². The first kappa shape index (κ1) is 26.3. The average molecular weight is 550 g/mol. The first-order valence-corrected chi connectivity index (χ1v) is 13.9. The summed E-state index contributed by atoms with van der Waals surface area (Å²) < 4.78 is 13.0. The van der Waals surface area contributed by atoms with Crippen molar-refractivity contribution in [3.63, 3.8) is 0 Å². The van der Waals surface area contributed by atoms with Crippen LogP contribution in [-0.2, 0) is 9.47 Å². The molecule has 5 heterocycles. The summed E-state index contributed by atoms with van der Waals surface area (Å²) in [5.74, 6) is 1.45. The van der Waals surface area contributed by atoms with Gasteiger partial charge in [-0.2, -0.15) is 5.10 Å². The highest BCUT2D eigenvalue weighted by molar-refractivity contribution is 5.90. The Bertz CT molecular complexity index is 1360. The lowest BCUT2D eigenvalue weighted by molar-refractivity contribution is 0.0303. The summed E-state index contributed by atoms with van der Waals surface area (Å²) in [5, 5.41) is 11.2. The number of urea groups is 1. The SMILES string of the molecule is COC(=O)N1CCC(n2ncc3c(N4CC5CCC(C4)O5)nc(-c4ccc(NC(=O)NCCN)cc4)nc32)CC1. The van der Waals surface area contributed by atoms with Crippen LogP contribution in [0, 0.1) is 0 Å². The minimum absolute atomic E-state index is 0.105. The van der Waals surface area contributed by atoms with Crippen LogP contribution in [0.25, 0.3) is 22.4 Å². The molecule has 1 aromatic carbocycles. The molecule has 2 atom stereocenters. The Balaban J connectivity index is 1.32. The smallest absolute Gasteiger partial charge is 0.409 e. The van der Waals surface area contributed by atoms with Crippen molar-refractivity contribution in [2.45, 2.75) is 43.9 Å². The normalized spacial score (nSPS) is 21.1. The highest BCUT2D eigenvalue weighted by atomic mass is 16.5. The molecule has 3 fully saturated rings. The summed E-state index contributed by atoms with van der Waals surface area (Å²) in [6.07, 6.45) is 5.63. The van der Waals surface area contributed by atoms with Crippen LogP contribution in [0.4, 0.5) is 21.1 Å². The van der Waals surface area contributed by atoms with E-state index in [1.807, 2.05) is 35.1 Å². The fourth-order valence-corrected chi connectivity index (χ4v) is 5.82. The molecule has 3 aliphatic rings. The molecule has 0 spiro atoms. The average Bonchev–Trinajstić information content (AvgIpc) is 3.57. The quantitative estimate of drug-likeness (QED) is 0.420. The molecule has 40 heavy (non-hydrogen) atoms. The molecule has 2 bridgehead atoms. The van der Waals surface area contributed by atoms with Crippen LogP contribution >= 0.6 is 0 Å². The van der Waals surface area contributed by atoms with Crippen molar-refractivity contribution in [1.82, 2.24) is 30.0 Å². The molecule has 6 rings (SSSR count). The highest BCUT2D eigenvalue weighted by Crippen LogP contribution is 2.35. The number of nitrogens with zero attached hydrogens (tertiary/aromatic N) is 6. The maximum absolute atomic E-state index is 12.0. The second-order valence-electron chi connectivity index (χ2n) is 10.5. The number of rotatable bonds is 6. The number of hydrogen-bond acceptors (Lipinski definition) is 9. The first-order valence-electron chi connectivity index (χ1n) is 13.9. The number of nitrogens with two attached hydrogens (primary N) is 1. The molecule has 212 valence electrons. The van der Waals surface area contributed by atoms with Gasteiger partial charge in [-0.15, -0.1) is 0 Å². The third kappa shape index (κ3) is 5.26. The number of methoxy groups -OCH3 is 1. The van der Waals surface area contributed by atoms with Crippen LogP contribution in [0.2, 0.25) is 0 Å². The molecule has 3 aliphatic heterocycles. The monoisotopic (exact) mass is 549 g/mol. The molecule has 3 aromatic rings. The van der Waals surface area contributed by atoms with E-state index in [4.69, 9.17) is 30.3 Å². The van der Waals surface area contributed by atoms with Gasteiger partial charge in [-0.1, -0.05) is 0 Å². The van der Waals surface area contributed by atoms with Crippen LogP contribution in [0.5, 0.6) is 0 Å². The number of benzene rings is 1. The van der Waals surface area contributed by atoms with Gasteiger partial charge >= 0.3 is 12.1 Å². The standard InChI is InChI=1S/C27H35N9O4/c1-39-27(38)34-12-8-19(9-13-34)36-25-22(14-30-36)24(35-15-20-6-7-21(16-35)40-20)32-23(33-25)17-2-4-18(5-3-17)31-26(37)29-11-10-28/h2-5,14,19-21H,6-13,15-16,28H2,1H3,(H2,29,31,37). The second-order valence-corrected chi connectivity index (χ2v) is 10.5. The van der Waals surface area contributed by atoms with E-state index >= 15 is 0 Å². The number of aromatic nitrogens is 4. The minimum Gasteiger partial charge on any atom is -0.453 e. The number of anilines is 2. The Morgan fingerprint density at radius 2 is 1.80 bits per heavy atom. The van der Waals surface area contributed by atoms with Gasteiger partial charge in [0.2, 0.25) is 0 Å². The summed E-state index contributed by atoms with van der Waals surface area (Å²) in [5.41, 5.74) is 7.73. The maximum atomic E-state index is 12.0. The number of piperidine rings is 1. The summed E-state index contributed by atoms with van der Waals surface area (Å²) in [4.78, 5) is 38.1. The molecule has 0 radical (unpaired) electrons. The molecule has 3 amide bonds. The molecule has 4 N–H and O–H groups in total. The summed E-state index contributed by atoms with van der Waals surface area (Å²) >= 11 is 0. The number of morpholine rings is 1. The van der Waals surface area contributed by atoms with E-state index in [-0.39, 0.29) is 30.4 Å². The second kappa shape index (κ2) is 11.3. The molecule has 3 saturated heterocycles. The summed E-state index contributed by atoms with van der Waals surface area (Å²) in [7, 11) is 1.41. The van der Waals surface area contributed by atoms with E-state index in [1.54, 1.807) is 4.90 Å². The third-order valence-corrected chi connectivity index (χ3v) is 7.85. The predicted octanol–water partition coefficient (Wildman–Crippen LogP) is 2.34. The number of ether oxygens (including phenoxy) is 2. The lowest BCUT2D eigenvalue weighted by Crippen LogP contribution is -2.43. The van der Waals surface area contributed by atoms with Crippen molar-refractivity contribution in [3.05, 3.63) is 30.5 Å². The van der Waals surface area contributed by atoms with E-state index in [0.29, 0.717) is 37.7 Å². The van der Waals surface area contributed by atoms with Crippen molar-refractivity contribution in [2.75, 3.05) is 56.6 Å². The topological polar surface area (TPSA) is 153 Å². The molecule has 2 aromatic heterocycles. The molecule has 2 unspecified atom stereocenters. The lowest BCUT2D eigenvalue weighted by atomic mass is 10.1. The molecular weight excluding hydrogens is 514 g/mol. The fourth-order valence-electron chi connectivity index (χ4n) is 5.82. The number of carbonyl (C=O) groups excluding carboxylic acids is 2. The lowest BCUT2D eigenvalue weighted by Gasteiger charge is -2.33. The Morgan fingerprint density at radius 3 is 2.48 bits per heavy atom. The molecule has 0 aliphatic carbocycles. The highest BCUT2D eigenvalue weighted by Gasteiger charge is 2.36. The van der Waals surface area contributed by atoms with Gasteiger partial charge < -0.3 is 35.6 Å². The van der Waals surface area contributed by atoms with Gasteiger partial charge in [0.15, 0.2) is 11.5 Å². The van der Waals surface area contributed by atoms with Crippen molar-refractivity contribution in [2.24, 2.45) is 5.73 Å². The Labute approximate surface area is 232 Å². The third-order valence-electron chi connectivity index (χ3n) is 7.85. The van der Waals surface area contributed by atoms with Crippen molar-refractivity contribution in [3.8, 4) is 11.4 Å². The van der Waals surface area contributed by atoms with Crippen LogP contribution in [0.15, 0.2) is 30.5 Å². The molecular formula is C27H35N9O4. The summed E-state index contributed by atoms with van der Waals surface area (Å²) in [6.45, 7) is 3.55. The minimum atomic E-state index is -0.303. The van der Waals surface area contributed by atoms with E-state index in [9.17, 15) is 9.59 Å². The first-order chi connectivity index (χ1) is 19.5. The molecule has 13 heteroatoms. The fraction of sp³-hybridized carbons (Fsp3) is 0.519. The number of amides is 3. The van der Waals surface area contributed by atoms with Gasteiger partial charge in [-0.3, -0.25) is 0 Å². The van der Waals surface area contributed by atoms with Gasteiger partial charge in [0, 0.05) is 50.5 Å². The Kier molecular flexibility index (Phi) is 7.39. The number of hydrogen-bond donors (Lipinski definition) is 3. The maximum Gasteiger partial charge on any atom is 0.409 e. The largest absolute Gasteiger partial charge is 0.453 e. The predicted molar refractivity (Wildman–Crippen MR) is 149 cm³/mol. The van der Waals surface area contributed by atoms with Gasteiger partial charge in [0.05, 0.1) is 36.9 Å². The van der Waals surface area contributed by atoms with Crippen LogP contribution in [-0.4, -0.2) is 95.4 Å². The van der Waals surface area contributed by atoms with Crippen LogP contribution < -0.4 is 21.3 Å². The van der Waals surface area contributed by atoms with E-state index in [2.05, 4.69) is 15.5 Å². The van der Waals surface area contributed by atoms with Gasteiger partial charge in [-0.05, 0) is 49.9 Å². The van der Waals surface area contributed by atoms with Crippen molar-refractivity contribution in [1.29, 1.82) is 0 Å². The Morgan fingerprint density at radius 1 is 1.07 bits per heavy atom. The zero-order valence-corrected chi connectivity index (χ0v) is 22.6. The summed E-state index contributed by atoms with van der Waals surface area (Å²) in [6, 6.07) is 7.28. The van der Waals surface area contributed by atoms with Crippen LogP contribution in [0.3, 0.4) is 0 Å². The number of likely N-dealkylation sites (tertiary alicyclic amines) is 1. The number of fused-ring (bicyclic) bond motifs is 3. The van der Waals surface area contributed by atoms with Crippen LogP contribution in [0.1, 0.15) is 31.7 Å². The van der Waals surface area contributed by atoms with E-state index in [0.717, 1.165) is 61.2 Å². The van der Waals surface area contributed by atoms with Crippen molar-refractivity contribution >= 4 is 34.7 Å². The van der Waals surface area contributed by atoms with Crippen molar-refractivity contribution < 1.29 is 19.1 Å². The molecule has 0 saturated carbocycles. The van der Waals surface area contributed by atoms with Gasteiger partial charge in [-0.25, -0.2) is 24.2 Å². The zero-order valence-electron chi connectivity index (χ0n) is 22.6. The van der Waals surface area contributed by atoms with E-state index in [1.165, 1.54) is 7.11 Å².